The molecule has 2 rings (SSSR count). The van der Waals surface area contributed by atoms with Crippen molar-refractivity contribution < 1.29 is 9.53 Å². The van der Waals surface area contributed by atoms with E-state index in [9.17, 15) is 4.79 Å². The summed E-state index contributed by atoms with van der Waals surface area (Å²) < 4.78 is 5.40. The van der Waals surface area contributed by atoms with E-state index in [0.29, 0.717) is 11.3 Å². The lowest BCUT2D eigenvalue weighted by molar-refractivity contribution is -0.168. The first-order valence-corrected chi connectivity index (χ1v) is 5.26. The molecule has 0 aromatic rings. The summed E-state index contributed by atoms with van der Waals surface area (Å²) in [7, 11) is 0. The van der Waals surface area contributed by atoms with Gasteiger partial charge >= 0.3 is 5.97 Å². The Morgan fingerprint density at radius 1 is 1.46 bits per heavy atom. The second-order valence-corrected chi connectivity index (χ2v) is 5.00. The van der Waals surface area contributed by atoms with E-state index in [1.165, 1.54) is 12.8 Å². The van der Waals surface area contributed by atoms with Crippen LogP contribution in [0.4, 0.5) is 0 Å². The van der Waals surface area contributed by atoms with Crippen LogP contribution < -0.4 is 0 Å². The maximum Gasteiger partial charge on any atom is 0.309 e. The summed E-state index contributed by atoms with van der Waals surface area (Å²) in [5.41, 5.74) is 0.378. The van der Waals surface area contributed by atoms with Crippen molar-refractivity contribution in [2.45, 2.75) is 46.1 Å². The lowest BCUT2D eigenvalue weighted by Gasteiger charge is -2.35. The van der Waals surface area contributed by atoms with Gasteiger partial charge in [-0.1, -0.05) is 13.8 Å². The van der Waals surface area contributed by atoms with Crippen LogP contribution in [0.3, 0.4) is 0 Å². The SMILES string of the molecule is CC(C)C1CC2(CC2)[C@@H](C)OC1=O. The maximum atomic E-state index is 11.5. The van der Waals surface area contributed by atoms with E-state index < -0.39 is 0 Å². The first kappa shape index (κ1) is 9.04. The average Bonchev–Trinajstić information content (AvgIpc) is 2.78. The van der Waals surface area contributed by atoms with Crippen LogP contribution in [0.15, 0.2) is 0 Å². The van der Waals surface area contributed by atoms with Crippen molar-refractivity contribution in [3.63, 3.8) is 0 Å². The number of hydrogen-bond donors (Lipinski definition) is 0. The highest BCUT2D eigenvalue weighted by Crippen LogP contribution is 2.57. The molecule has 2 nitrogen and oxygen atoms in total. The van der Waals surface area contributed by atoms with Gasteiger partial charge in [0, 0.05) is 5.41 Å². The van der Waals surface area contributed by atoms with Crippen LogP contribution >= 0.6 is 0 Å². The van der Waals surface area contributed by atoms with E-state index in [4.69, 9.17) is 4.74 Å². The molecule has 13 heavy (non-hydrogen) atoms. The molecule has 74 valence electrons. The highest BCUT2D eigenvalue weighted by molar-refractivity contribution is 5.74. The van der Waals surface area contributed by atoms with Crippen LogP contribution in [0.5, 0.6) is 0 Å². The molecule has 0 amide bonds. The number of hydrogen-bond acceptors (Lipinski definition) is 2. The van der Waals surface area contributed by atoms with Crippen LogP contribution in [0, 0.1) is 17.3 Å². The molecule has 2 aliphatic rings. The molecule has 0 bridgehead atoms. The average molecular weight is 182 g/mol. The molecule has 2 heteroatoms. The molecule has 2 fully saturated rings. The van der Waals surface area contributed by atoms with E-state index in [1.54, 1.807) is 0 Å². The Morgan fingerprint density at radius 3 is 2.54 bits per heavy atom. The van der Waals surface area contributed by atoms with E-state index in [0.717, 1.165) is 6.42 Å². The standard InChI is InChI=1S/C11H18O2/c1-7(2)9-6-11(4-5-11)8(3)13-10(9)12/h7-9H,4-6H2,1-3H3/t8-,9?/m1/s1. The molecule has 1 aliphatic carbocycles. The van der Waals surface area contributed by atoms with Gasteiger partial charge in [0.15, 0.2) is 0 Å². The zero-order valence-corrected chi connectivity index (χ0v) is 8.67. The Bertz CT molecular complexity index is 228. The minimum atomic E-state index is 0.0278. The van der Waals surface area contributed by atoms with Crippen molar-refractivity contribution in [3.05, 3.63) is 0 Å². The topological polar surface area (TPSA) is 26.3 Å². The number of rotatable bonds is 1. The van der Waals surface area contributed by atoms with E-state index in [2.05, 4.69) is 13.8 Å². The van der Waals surface area contributed by atoms with E-state index >= 15 is 0 Å². The van der Waals surface area contributed by atoms with Crippen molar-refractivity contribution in [3.8, 4) is 0 Å². The van der Waals surface area contributed by atoms with E-state index in [-0.39, 0.29) is 18.0 Å². The summed E-state index contributed by atoms with van der Waals surface area (Å²) in [5, 5.41) is 0. The van der Waals surface area contributed by atoms with Gasteiger partial charge in [-0.05, 0) is 32.1 Å². The molecule has 1 aliphatic heterocycles. The molecule has 1 unspecified atom stereocenters. The normalized spacial score (nSPS) is 36.5. The molecule has 1 saturated carbocycles. The highest BCUT2D eigenvalue weighted by atomic mass is 16.5. The maximum absolute atomic E-state index is 11.5. The zero-order chi connectivity index (χ0) is 9.64. The van der Waals surface area contributed by atoms with Crippen LogP contribution in [0.2, 0.25) is 0 Å². The smallest absolute Gasteiger partial charge is 0.309 e. The summed E-state index contributed by atoms with van der Waals surface area (Å²) in [6.07, 6.45) is 3.73. The summed E-state index contributed by atoms with van der Waals surface area (Å²) in [6.45, 7) is 6.26. The molecule has 0 radical (unpaired) electrons. The van der Waals surface area contributed by atoms with Crippen molar-refractivity contribution >= 4 is 5.97 Å². The first-order valence-electron chi connectivity index (χ1n) is 5.26. The third-order valence-electron chi connectivity index (χ3n) is 3.78. The fourth-order valence-corrected chi connectivity index (χ4v) is 2.35. The van der Waals surface area contributed by atoms with Gasteiger partial charge in [-0.25, -0.2) is 0 Å². The minimum absolute atomic E-state index is 0.0278. The lowest BCUT2D eigenvalue weighted by Crippen LogP contribution is -2.39. The Kier molecular flexibility index (Phi) is 1.90. The van der Waals surface area contributed by atoms with Gasteiger partial charge in [0.05, 0.1) is 5.92 Å². The van der Waals surface area contributed by atoms with Crippen molar-refractivity contribution in [1.82, 2.24) is 0 Å². The van der Waals surface area contributed by atoms with Gasteiger partial charge in [0.2, 0.25) is 0 Å². The molecule has 1 heterocycles. The molecule has 0 aromatic heterocycles. The number of carbonyl (C=O) groups is 1. The molecule has 1 spiro atoms. The molecular weight excluding hydrogens is 164 g/mol. The summed E-state index contributed by atoms with van der Waals surface area (Å²) in [6, 6.07) is 0. The third kappa shape index (κ3) is 1.36. The van der Waals surface area contributed by atoms with Gasteiger partial charge in [-0.15, -0.1) is 0 Å². The van der Waals surface area contributed by atoms with Crippen molar-refractivity contribution in [2.24, 2.45) is 17.3 Å². The van der Waals surface area contributed by atoms with Gasteiger partial charge in [0.25, 0.3) is 0 Å². The molecule has 2 atom stereocenters. The Morgan fingerprint density at radius 2 is 2.08 bits per heavy atom. The zero-order valence-electron chi connectivity index (χ0n) is 8.67. The predicted octanol–water partition coefficient (Wildman–Crippen LogP) is 2.37. The van der Waals surface area contributed by atoms with Crippen LogP contribution in [0.25, 0.3) is 0 Å². The fraction of sp³-hybridized carbons (Fsp3) is 0.909. The van der Waals surface area contributed by atoms with Gasteiger partial charge in [0.1, 0.15) is 6.10 Å². The molecule has 1 saturated heterocycles. The monoisotopic (exact) mass is 182 g/mol. The Hall–Kier alpha value is -0.530. The van der Waals surface area contributed by atoms with Gasteiger partial charge < -0.3 is 4.74 Å². The number of cyclic esters (lactones) is 1. The third-order valence-corrected chi connectivity index (χ3v) is 3.78. The summed E-state index contributed by atoms with van der Waals surface area (Å²) >= 11 is 0. The second-order valence-electron chi connectivity index (χ2n) is 5.00. The summed E-state index contributed by atoms with van der Waals surface area (Å²) in [4.78, 5) is 11.5. The molecule has 0 aromatic carbocycles. The minimum Gasteiger partial charge on any atom is -0.462 e. The number of esters is 1. The predicted molar refractivity (Wildman–Crippen MR) is 50.2 cm³/mol. The van der Waals surface area contributed by atoms with Crippen molar-refractivity contribution in [1.29, 1.82) is 0 Å². The number of ether oxygens (including phenoxy) is 1. The van der Waals surface area contributed by atoms with E-state index in [1.807, 2.05) is 6.92 Å². The lowest BCUT2D eigenvalue weighted by atomic mass is 9.80. The van der Waals surface area contributed by atoms with Crippen molar-refractivity contribution in [2.75, 3.05) is 0 Å². The van der Waals surface area contributed by atoms with Crippen LogP contribution in [-0.4, -0.2) is 12.1 Å². The van der Waals surface area contributed by atoms with Crippen LogP contribution in [-0.2, 0) is 9.53 Å². The largest absolute Gasteiger partial charge is 0.462 e. The fourth-order valence-electron chi connectivity index (χ4n) is 2.35. The molecular formula is C11H18O2. The van der Waals surface area contributed by atoms with Crippen LogP contribution in [0.1, 0.15) is 40.0 Å². The first-order chi connectivity index (χ1) is 6.05. The Labute approximate surface area is 79.7 Å². The summed E-state index contributed by atoms with van der Waals surface area (Å²) in [5.74, 6) is 0.608. The Balaban J connectivity index is 2.11. The molecule has 0 N–H and O–H groups in total. The number of carbonyl (C=O) groups excluding carboxylic acids is 1. The van der Waals surface area contributed by atoms with Gasteiger partial charge in [-0.2, -0.15) is 0 Å². The quantitative estimate of drug-likeness (QED) is 0.582. The highest BCUT2D eigenvalue weighted by Gasteiger charge is 2.55. The van der Waals surface area contributed by atoms with Gasteiger partial charge in [-0.3, -0.25) is 4.79 Å². The second kappa shape index (κ2) is 2.73.